The number of ether oxygens (including phenoxy) is 1. The van der Waals surface area contributed by atoms with Crippen LogP contribution < -0.4 is 5.73 Å². The van der Waals surface area contributed by atoms with E-state index < -0.39 is 0 Å². The fourth-order valence-corrected chi connectivity index (χ4v) is 4.89. The van der Waals surface area contributed by atoms with Gasteiger partial charge in [0, 0.05) is 23.2 Å². The third-order valence-corrected chi connectivity index (χ3v) is 5.99. The van der Waals surface area contributed by atoms with Gasteiger partial charge in [0.25, 0.3) is 0 Å². The minimum Gasteiger partial charge on any atom is -0.375 e. The highest BCUT2D eigenvalue weighted by atomic mass is 35.5. The molecule has 3 rings (SSSR count). The molecule has 1 spiro atoms. The Morgan fingerprint density at radius 2 is 2.14 bits per heavy atom. The normalized spacial score (nSPS) is 26.7. The molecule has 2 aliphatic rings. The standard InChI is InChI=1S/C16H21ClFNOS/c17-12-1-2-13(14(18)9-12)15(19)11-3-6-20-16(10-11)4-7-21-8-5-16/h1-2,9,11,15H,3-8,10,19H2. The Labute approximate surface area is 134 Å². The van der Waals surface area contributed by atoms with Crippen molar-refractivity contribution in [2.75, 3.05) is 18.1 Å². The number of rotatable bonds is 2. The quantitative estimate of drug-likeness (QED) is 0.884. The zero-order valence-electron chi connectivity index (χ0n) is 12.0. The van der Waals surface area contributed by atoms with Gasteiger partial charge in [-0.25, -0.2) is 4.39 Å². The summed E-state index contributed by atoms with van der Waals surface area (Å²) in [5.74, 6) is 2.28. The van der Waals surface area contributed by atoms with Crippen molar-refractivity contribution in [2.24, 2.45) is 11.7 Å². The van der Waals surface area contributed by atoms with E-state index in [0.29, 0.717) is 10.6 Å². The van der Waals surface area contributed by atoms with Gasteiger partial charge in [0.1, 0.15) is 5.82 Å². The lowest BCUT2D eigenvalue weighted by Crippen LogP contribution is -2.45. The molecular formula is C16H21ClFNOS. The highest BCUT2D eigenvalue weighted by Crippen LogP contribution is 2.43. The molecule has 0 bridgehead atoms. The monoisotopic (exact) mass is 329 g/mol. The highest BCUT2D eigenvalue weighted by Gasteiger charge is 2.40. The number of hydrogen-bond donors (Lipinski definition) is 1. The molecule has 2 nitrogen and oxygen atoms in total. The summed E-state index contributed by atoms with van der Waals surface area (Å²) in [5, 5.41) is 0.413. The molecule has 2 saturated heterocycles. The molecule has 21 heavy (non-hydrogen) atoms. The zero-order chi connectivity index (χ0) is 14.9. The molecule has 0 aromatic heterocycles. The van der Waals surface area contributed by atoms with Crippen LogP contribution in [-0.2, 0) is 4.74 Å². The average Bonchev–Trinajstić information content (AvgIpc) is 2.47. The Morgan fingerprint density at radius 1 is 1.38 bits per heavy atom. The van der Waals surface area contributed by atoms with E-state index >= 15 is 0 Å². The summed E-state index contributed by atoms with van der Waals surface area (Å²) < 4.78 is 20.2. The molecule has 0 amide bonds. The van der Waals surface area contributed by atoms with Gasteiger partial charge in [-0.15, -0.1) is 0 Å². The van der Waals surface area contributed by atoms with Crippen LogP contribution in [0.5, 0.6) is 0 Å². The molecule has 5 heteroatoms. The van der Waals surface area contributed by atoms with Crippen LogP contribution >= 0.6 is 23.4 Å². The van der Waals surface area contributed by atoms with E-state index in [-0.39, 0.29) is 23.4 Å². The first-order valence-corrected chi connectivity index (χ1v) is 9.05. The summed E-state index contributed by atoms with van der Waals surface area (Å²) >= 11 is 7.81. The summed E-state index contributed by atoms with van der Waals surface area (Å²) in [6.45, 7) is 0.734. The summed E-state index contributed by atoms with van der Waals surface area (Å²) in [7, 11) is 0. The van der Waals surface area contributed by atoms with Crippen molar-refractivity contribution in [3.8, 4) is 0 Å². The molecule has 1 aromatic carbocycles. The maximum atomic E-state index is 14.1. The summed E-state index contributed by atoms with van der Waals surface area (Å²) in [4.78, 5) is 0. The first-order valence-electron chi connectivity index (χ1n) is 7.52. The summed E-state index contributed by atoms with van der Waals surface area (Å²) in [6.07, 6.45) is 4.02. The largest absolute Gasteiger partial charge is 0.375 e. The predicted octanol–water partition coefficient (Wildman–Crippen LogP) is 4.17. The molecule has 2 fully saturated rings. The molecule has 2 N–H and O–H groups in total. The number of thioether (sulfide) groups is 1. The molecule has 2 heterocycles. The fraction of sp³-hybridized carbons (Fsp3) is 0.625. The Kier molecular flexibility index (Phi) is 4.79. The van der Waals surface area contributed by atoms with Crippen LogP contribution in [0, 0.1) is 11.7 Å². The molecule has 0 radical (unpaired) electrons. The van der Waals surface area contributed by atoms with E-state index in [1.807, 2.05) is 11.8 Å². The Morgan fingerprint density at radius 3 is 2.86 bits per heavy atom. The van der Waals surface area contributed by atoms with Gasteiger partial charge in [0.15, 0.2) is 0 Å². The SMILES string of the molecule is NC(c1ccc(Cl)cc1F)C1CCOC2(CCSCC2)C1. The highest BCUT2D eigenvalue weighted by molar-refractivity contribution is 7.99. The van der Waals surface area contributed by atoms with Gasteiger partial charge in [-0.3, -0.25) is 0 Å². The minimum absolute atomic E-state index is 0.0192. The molecule has 0 aliphatic carbocycles. The third-order valence-electron chi connectivity index (χ3n) is 4.76. The van der Waals surface area contributed by atoms with Gasteiger partial charge >= 0.3 is 0 Å². The van der Waals surface area contributed by atoms with Crippen molar-refractivity contribution in [2.45, 2.75) is 37.3 Å². The lowest BCUT2D eigenvalue weighted by atomic mass is 9.77. The summed E-state index contributed by atoms with van der Waals surface area (Å²) in [6, 6.07) is 4.51. The Hall–Kier alpha value is -0.290. The molecule has 116 valence electrons. The van der Waals surface area contributed by atoms with E-state index in [0.717, 1.165) is 43.8 Å². The molecule has 1 aromatic rings. The van der Waals surface area contributed by atoms with Crippen molar-refractivity contribution >= 4 is 23.4 Å². The van der Waals surface area contributed by atoms with Gasteiger partial charge in [0.05, 0.1) is 5.60 Å². The summed E-state index contributed by atoms with van der Waals surface area (Å²) in [5.41, 5.74) is 6.92. The predicted molar refractivity (Wildman–Crippen MR) is 86.3 cm³/mol. The van der Waals surface area contributed by atoms with Crippen molar-refractivity contribution in [1.29, 1.82) is 0 Å². The first kappa shape index (κ1) is 15.6. The van der Waals surface area contributed by atoms with Crippen molar-refractivity contribution < 1.29 is 9.13 Å². The first-order chi connectivity index (χ1) is 10.1. The van der Waals surface area contributed by atoms with Gasteiger partial charge in [-0.2, -0.15) is 11.8 Å². The van der Waals surface area contributed by atoms with E-state index in [9.17, 15) is 4.39 Å². The number of hydrogen-bond acceptors (Lipinski definition) is 3. The van der Waals surface area contributed by atoms with Crippen LogP contribution in [0.3, 0.4) is 0 Å². The second-order valence-electron chi connectivity index (χ2n) is 6.09. The van der Waals surface area contributed by atoms with Gasteiger partial charge in [0.2, 0.25) is 0 Å². The van der Waals surface area contributed by atoms with Crippen LogP contribution in [-0.4, -0.2) is 23.7 Å². The molecule has 2 atom stereocenters. The average molecular weight is 330 g/mol. The van der Waals surface area contributed by atoms with Gasteiger partial charge in [-0.05, 0) is 55.2 Å². The van der Waals surface area contributed by atoms with Crippen LogP contribution in [0.15, 0.2) is 18.2 Å². The smallest absolute Gasteiger partial charge is 0.129 e. The van der Waals surface area contributed by atoms with E-state index in [4.69, 9.17) is 22.1 Å². The second kappa shape index (κ2) is 6.45. The van der Waals surface area contributed by atoms with Crippen molar-refractivity contribution in [1.82, 2.24) is 0 Å². The van der Waals surface area contributed by atoms with Crippen LogP contribution in [0.1, 0.15) is 37.3 Å². The number of halogens is 2. The van der Waals surface area contributed by atoms with E-state index in [1.54, 1.807) is 12.1 Å². The number of nitrogens with two attached hydrogens (primary N) is 1. The van der Waals surface area contributed by atoms with Crippen LogP contribution in [0.25, 0.3) is 0 Å². The van der Waals surface area contributed by atoms with Gasteiger partial charge < -0.3 is 10.5 Å². The van der Waals surface area contributed by atoms with Gasteiger partial charge in [-0.1, -0.05) is 17.7 Å². The second-order valence-corrected chi connectivity index (χ2v) is 7.75. The van der Waals surface area contributed by atoms with E-state index in [1.165, 1.54) is 6.07 Å². The Balaban J connectivity index is 1.76. The van der Waals surface area contributed by atoms with Crippen LogP contribution in [0.2, 0.25) is 5.02 Å². The fourth-order valence-electron chi connectivity index (χ4n) is 3.49. The maximum Gasteiger partial charge on any atom is 0.129 e. The third kappa shape index (κ3) is 3.39. The van der Waals surface area contributed by atoms with Crippen molar-refractivity contribution in [3.05, 3.63) is 34.6 Å². The zero-order valence-corrected chi connectivity index (χ0v) is 13.6. The number of benzene rings is 1. The van der Waals surface area contributed by atoms with E-state index in [2.05, 4.69) is 0 Å². The molecule has 2 aliphatic heterocycles. The Bertz CT molecular complexity index is 502. The topological polar surface area (TPSA) is 35.2 Å². The lowest BCUT2D eigenvalue weighted by molar-refractivity contribution is -0.106. The molecular weight excluding hydrogens is 309 g/mol. The van der Waals surface area contributed by atoms with Crippen LogP contribution in [0.4, 0.5) is 4.39 Å². The minimum atomic E-state index is -0.297. The lowest BCUT2D eigenvalue weighted by Gasteiger charge is -2.44. The molecule has 2 unspecified atom stereocenters. The van der Waals surface area contributed by atoms with Crippen molar-refractivity contribution in [3.63, 3.8) is 0 Å². The molecule has 0 saturated carbocycles. The maximum absolute atomic E-state index is 14.1.